The Labute approximate surface area is 196 Å². The van der Waals surface area contributed by atoms with Gasteiger partial charge in [0.15, 0.2) is 11.0 Å². The molecule has 0 aliphatic rings. The third-order valence-corrected chi connectivity index (χ3v) is 6.94. The van der Waals surface area contributed by atoms with Gasteiger partial charge in [-0.3, -0.25) is 0 Å². The fourth-order valence-electron chi connectivity index (χ4n) is 4.09. The minimum Gasteiger partial charge on any atom is -1.00 e. The van der Waals surface area contributed by atoms with Gasteiger partial charge in [0, 0.05) is 0 Å². The largest absolute Gasteiger partial charge is 1.00 e. The maximum absolute atomic E-state index is 2.48. The average molecular weight is 453 g/mol. The zero-order chi connectivity index (χ0) is 20.6. The van der Waals surface area contributed by atoms with Gasteiger partial charge < -0.3 is 12.4 Å². The van der Waals surface area contributed by atoms with Gasteiger partial charge in [-0.2, -0.15) is 0 Å². The number of halogens is 1. The minimum absolute atomic E-state index is 0. The molecule has 0 spiro atoms. The van der Waals surface area contributed by atoms with Gasteiger partial charge in [-0.1, -0.05) is 96.6 Å². The van der Waals surface area contributed by atoms with Crippen molar-refractivity contribution in [2.45, 2.75) is 116 Å². The van der Waals surface area contributed by atoms with Crippen LogP contribution in [0, 0.1) is 0 Å². The summed E-state index contributed by atoms with van der Waals surface area (Å²) in [5, 5.41) is 0. The Bertz CT molecular complexity index is 656. The number of unbranched alkanes of at least 4 members (excludes halogenated alkanes) is 12. The molecule has 0 saturated heterocycles. The number of para-hydroxylation sites is 2. The standard InChI is InChI=1S/C26H45N2S.ClH/c1-3-5-7-9-11-12-14-18-22-29-24-28-23-27(21-17-13-10-8-6-4-2)25-19-15-16-20-26(25)28;/h15-16,19-20,23H,3-14,17-18,21-22,24H2,1-2H3;1H/q+1;/p-1. The van der Waals surface area contributed by atoms with Gasteiger partial charge in [-0.05, 0) is 37.1 Å². The first kappa shape index (κ1) is 27.4. The Morgan fingerprint density at radius 2 is 1.30 bits per heavy atom. The number of benzene rings is 1. The molecule has 0 fully saturated rings. The number of aromatic nitrogens is 2. The van der Waals surface area contributed by atoms with Crippen LogP contribution in [0.25, 0.3) is 11.0 Å². The second-order valence-corrected chi connectivity index (χ2v) is 9.62. The number of hydrogen-bond donors (Lipinski definition) is 0. The van der Waals surface area contributed by atoms with Crippen LogP contribution >= 0.6 is 11.8 Å². The molecule has 0 radical (unpaired) electrons. The lowest BCUT2D eigenvalue weighted by atomic mass is 10.1. The van der Waals surface area contributed by atoms with E-state index in [0.29, 0.717) is 0 Å². The Hall–Kier alpha value is -0.670. The molecule has 0 amide bonds. The summed E-state index contributed by atoms with van der Waals surface area (Å²) in [7, 11) is 0. The quantitative estimate of drug-likeness (QED) is 0.225. The second kappa shape index (κ2) is 18.0. The van der Waals surface area contributed by atoms with E-state index in [0.717, 1.165) is 12.4 Å². The van der Waals surface area contributed by atoms with E-state index in [9.17, 15) is 0 Å². The van der Waals surface area contributed by atoms with Crippen molar-refractivity contribution < 1.29 is 17.0 Å². The number of aryl methyl sites for hydroxylation is 1. The normalized spacial score (nSPS) is 11.1. The van der Waals surface area contributed by atoms with Crippen molar-refractivity contribution in [2.75, 3.05) is 5.75 Å². The van der Waals surface area contributed by atoms with Crippen LogP contribution in [-0.4, -0.2) is 10.3 Å². The molecule has 0 saturated carbocycles. The first-order valence-corrected chi connectivity index (χ1v) is 13.6. The van der Waals surface area contributed by atoms with E-state index < -0.39 is 0 Å². The van der Waals surface area contributed by atoms with E-state index in [-0.39, 0.29) is 12.4 Å². The smallest absolute Gasteiger partial charge is 0.245 e. The molecular weight excluding hydrogens is 408 g/mol. The fourth-order valence-corrected chi connectivity index (χ4v) is 5.03. The van der Waals surface area contributed by atoms with E-state index in [1.54, 1.807) is 0 Å². The highest BCUT2D eigenvalue weighted by Gasteiger charge is 2.14. The summed E-state index contributed by atoms with van der Waals surface area (Å²) in [5.41, 5.74) is 2.79. The van der Waals surface area contributed by atoms with Gasteiger partial charge in [0.25, 0.3) is 0 Å². The van der Waals surface area contributed by atoms with Crippen LogP contribution in [0.3, 0.4) is 0 Å². The third-order valence-electron chi connectivity index (χ3n) is 5.90. The molecular formula is C26H45ClN2S. The summed E-state index contributed by atoms with van der Waals surface area (Å²) in [6, 6.07) is 8.92. The Balaban J connectivity index is 0.00000450. The van der Waals surface area contributed by atoms with E-state index in [2.05, 4.69) is 65.3 Å². The molecule has 0 aliphatic heterocycles. The maximum atomic E-state index is 2.48. The van der Waals surface area contributed by atoms with Crippen molar-refractivity contribution in [3.63, 3.8) is 0 Å². The summed E-state index contributed by atoms with van der Waals surface area (Å²) < 4.78 is 4.94. The lowest BCUT2D eigenvalue weighted by Crippen LogP contribution is -3.00. The van der Waals surface area contributed by atoms with E-state index in [4.69, 9.17) is 0 Å². The molecule has 0 unspecified atom stereocenters. The summed E-state index contributed by atoms with van der Waals surface area (Å²) in [5.74, 6) is 2.37. The van der Waals surface area contributed by atoms with Crippen molar-refractivity contribution >= 4 is 22.8 Å². The maximum Gasteiger partial charge on any atom is 0.245 e. The lowest BCUT2D eigenvalue weighted by Gasteiger charge is -2.02. The number of thioether (sulfide) groups is 1. The lowest BCUT2D eigenvalue weighted by molar-refractivity contribution is -0.650. The highest BCUT2D eigenvalue weighted by molar-refractivity contribution is 7.98. The van der Waals surface area contributed by atoms with Crippen molar-refractivity contribution in [2.24, 2.45) is 0 Å². The predicted molar refractivity (Wildman–Crippen MR) is 131 cm³/mol. The summed E-state index contributed by atoms with van der Waals surface area (Å²) >= 11 is 2.09. The molecule has 0 N–H and O–H groups in total. The van der Waals surface area contributed by atoms with Gasteiger partial charge in [0.05, 0.1) is 6.54 Å². The summed E-state index contributed by atoms with van der Waals surface area (Å²) in [6.45, 7) is 5.74. The SMILES string of the molecule is CCCCCCCCCCSC[n+]1cn(CCCCCCCC)c2ccccc21.[Cl-]. The number of imidazole rings is 1. The zero-order valence-electron chi connectivity index (χ0n) is 19.6. The first-order chi connectivity index (χ1) is 14.4. The van der Waals surface area contributed by atoms with Gasteiger partial charge in [-0.25, -0.2) is 9.13 Å². The third kappa shape index (κ3) is 10.6. The molecule has 2 rings (SSSR count). The number of rotatable bonds is 18. The van der Waals surface area contributed by atoms with Crippen LogP contribution < -0.4 is 17.0 Å². The molecule has 2 aromatic rings. The molecule has 4 heteroatoms. The van der Waals surface area contributed by atoms with Crippen LogP contribution in [0.5, 0.6) is 0 Å². The highest BCUT2D eigenvalue weighted by atomic mass is 35.5. The average Bonchev–Trinajstić information content (AvgIpc) is 3.10. The molecule has 2 nitrogen and oxygen atoms in total. The topological polar surface area (TPSA) is 8.81 Å². The fraction of sp³-hybridized carbons (Fsp3) is 0.731. The van der Waals surface area contributed by atoms with Crippen LogP contribution in [-0.2, 0) is 12.4 Å². The van der Waals surface area contributed by atoms with Crippen LogP contribution in [0.4, 0.5) is 0 Å². The molecule has 0 bridgehead atoms. The van der Waals surface area contributed by atoms with Crippen molar-refractivity contribution in [1.29, 1.82) is 0 Å². The predicted octanol–water partition coefficient (Wildman–Crippen LogP) is 5.12. The van der Waals surface area contributed by atoms with Crippen LogP contribution in [0.1, 0.15) is 104 Å². The van der Waals surface area contributed by atoms with E-state index >= 15 is 0 Å². The number of nitrogens with zero attached hydrogens (tertiary/aromatic N) is 2. The van der Waals surface area contributed by atoms with E-state index in [1.165, 1.54) is 107 Å². The first-order valence-electron chi connectivity index (χ1n) is 12.4. The van der Waals surface area contributed by atoms with Crippen LogP contribution in [0.15, 0.2) is 30.6 Å². The van der Waals surface area contributed by atoms with Gasteiger partial charge >= 0.3 is 0 Å². The van der Waals surface area contributed by atoms with Gasteiger partial charge in [0.1, 0.15) is 5.88 Å². The summed E-state index contributed by atoms with van der Waals surface area (Å²) in [6.07, 6.45) is 21.8. The Kier molecular flexibility index (Phi) is 16.4. The molecule has 1 aromatic carbocycles. The number of fused-ring (bicyclic) bond motifs is 1. The Morgan fingerprint density at radius 1 is 0.733 bits per heavy atom. The highest BCUT2D eigenvalue weighted by Crippen LogP contribution is 2.16. The monoisotopic (exact) mass is 452 g/mol. The minimum atomic E-state index is 0. The van der Waals surface area contributed by atoms with Gasteiger partial charge in [0.2, 0.25) is 6.33 Å². The van der Waals surface area contributed by atoms with E-state index in [1.807, 2.05) is 0 Å². The number of hydrogen-bond acceptors (Lipinski definition) is 1. The summed E-state index contributed by atoms with van der Waals surface area (Å²) in [4.78, 5) is 0. The van der Waals surface area contributed by atoms with Crippen molar-refractivity contribution in [3.05, 3.63) is 30.6 Å². The molecule has 0 aliphatic carbocycles. The molecule has 1 heterocycles. The van der Waals surface area contributed by atoms with Crippen molar-refractivity contribution in [1.82, 2.24) is 4.57 Å². The Morgan fingerprint density at radius 3 is 1.97 bits per heavy atom. The molecule has 0 atom stereocenters. The molecule has 1 aromatic heterocycles. The molecule has 30 heavy (non-hydrogen) atoms. The van der Waals surface area contributed by atoms with Crippen LogP contribution in [0.2, 0.25) is 0 Å². The molecule has 172 valence electrons. The second-order valence-electron chi connectivity index (χ2n) is 8.55. The zero-order valence-corrected chi connectivity index (χ0v) is 21.2. The van der Waals surface area contributed by atoms with Crippen molar-refractivity contribution in [3.8, 4) is 0 Å². The van der Waals surface area contributed by atoms with Gasteiger partial charge in [-0.15, -0.1) is 11.8 Å².